The number of methoxy groups -OCH3 is 2. The van der Waals surface area contributed by atoms with Crippen LogP contribution in [0.1, 0.15) is 0 Å². The molecule has 0 spiro atoms. The third kappa shape index (κ3) is 6.38. The lowest BCUT2D eigenvalue weighted by molar-refractivity contribution is -0.152. The average Bonchev–Trinajstić information content (AvgIpc) is 2.21. The summed E-state index contributed by atoms with van der Waals surface area (Å²) in [6, 6.07) is 0. The monoisotopic (exact) mass is 205 g/mol. The molecule has 6 heteroatoms. The number of esters is 1. The number of rotatable bonds is 6. The lowest BCUT2D eigenvalue weighted by atomic mass is 10.5. The highest BCUT2D eigenvalue weighted by molar-refractivity contribution is 6.32. The summed E-state index contributed by atoms with van der Waals surface area (Å²) in [4.78, 5) is 21.4. The van der Waals surface area contributed by atoms with Gasteiger partial charge in [0.2, 0.25) is 0 Å². The predicted octanol–water partition coefficient (Wildman–Crippen LogP) is -1.06. The van der Waals surface area contributed by atoms with Crippen LogP contribution < -0.4 is 5.32 Å². The second-order valence-corrected chi connectivity index (χ2v) is 2.35. The third-order valence-corrected chi connectivity index (χ3v) is 1.33. The largest absolute Gasteiger partial charge is 0.462 e. The summed E-state index contributed by atoms with van der Waals surface area (Å²) in [7, 11) is 2.72. The van der Waals surface area contributed by atoms with E-state index in [1.165, 1.54) is 0 Å². The fourth-order valence-electron chi connectivity index (χ4n) is 0.646. The standard InChI is InChI=1S/C8H15NO5/c1-12-5-6-14-4-3-9-7(10)8(11)13-2/h3-6H2,1-2H3,(H,9,10). The molecule has 0 rings (SSSR count). The van der Waals surface area contributed by atoms with Crippen LogP contribution in [0.25, 0.3) is 0 Å². The molecule has 0 aromatic rings. The highest BCUT2D eigenvalue weighted by Crippen LogP contribution is 1.77. The van der Waals surface area contributed by atoms with Crippen LogP contribution in [0.4, 0.5) is 0 Å². The van der Waals surface area contributed by atoms with Gasteiger partial charge in [0.05, 0.1) is 26.9 Å². The highest BCUT2D eigenvalue weighted by Gasteiger charge is 2.11. The molecule has 6 nitrogen and oxygen atoms in total. The van der Waals surface area contributed by atoms with Crippen LogP contribution in [0, 0.1) is 0 Å². The lowest BCUT2D eigenvalue weighted by Gasteiger charge is -2.04. The van der Waals surface area contributed by atoms with Crippen molar-refractivity contribution in [2.24, 2.45) is 0 Å². The van der Waals surface area contributed by atoms with Crippen LogP contribution >= 0.6 is 0 Å². The Morgan fingerprint density at radius 3 is 2.43 bits per heavy atom. The zero-order valence-electron chi connectivity index (χ0n) is 8.37. The first-order valence-corrected chi connectivity index (χ1v) is 4.15. The minimum Gasteiger partial charge on any atom is -0.462 e. The van der Waals surface area contributed by atoms with E-state index in [9.17, 15) is 9.59 Å². The summed E-state index contributed by atoms with van der Waals surface area (Å²) in [6.45, 7) is 1.58. The molecule has 0 atom stereocenters. The second-order valence-electron chi connectivity index (χ2n) is 2.35. The van der Waals surface area contributed by atoms with Crippen LogP contribution in [-0.4, -0.2) is 52.5 Å². The van der Waals surface area contributed by atoms with Gasteiger partial charge in [-0.2, -0.15) is 0 Å². The molecular weight excluding hydrogens is 190 g/mol. The summed E-state index contributed by atoms with van der Waals surface area (Å²) >= 11 is 0. The molecule has 1 N–H and O–H groups in total. The van der Waals surface area contributed by atoms with E-state index in [0.29, 0.717) is 19.8 Å². The Hall–Kier alpha value is -1.14. The number of hydrogen-bond donors (Lipinski definition) is 1. The number of ether oxygens (including phenoxy) is 3. The van der Waals surface area contributed by atoms with Crippen molar-refractivity contribution in [1.29, 1.82) is 0 Å². The van der Waals surface area contributed by atoms with Gasteiger partial charge in [0, 0.05) is 13.7 Å². The Kier molecular flexibility index (Phi) is 7.77. The van der Waals surface area contributed by atoms with E-state index >= 15 is 0 Å². The molecule has 0 aromatic heterocycles. The van der Waals surface area contributed by atoms with Crippen molar-refractivity contribution in [3.05, 3.63) is 0 Å². The molecule has 0 saturated heterocycles. The number of carbonyl (C=O) groups is 2. The quantitative estimate of drug-likeness (QED) is 0.340. The van der Waals surface area contributed by atoms with Gasteiger partial charge in [0.1, 0.15) is 0 Å². The topological polar surface area (TPSA) is 73.9 Å². The Labute approximate surface area is 82.5 Å². The summed E-state index contributed by atoms with van der Waals surface area (Å²) in [6.07, 6.45) is 0. The van der Waals surface area contributed by atoms with Gasteiger partial charge in [-0.15, -0.1) is 0 Å². The normalized spacial score (nSPS) is 9.57. The highest BCUT2D eigenvalue weighted by atomic mass is 16.5. The maximum Gasteiger partial charge on any atom is 0.396 e. The van der Waals surface area contributed by atoms with E-state index in [-0.39, 0.29) is 6.54 Å². The van der Waals surface area contributed by atoms with Crippen LogP contribution in [0.2, 0.25) is 0 Å². The van der Waals surface area contributed by atoms with E-state index in [0.717, 1.165) is 7.11 Å². The Morgan fingerprint density at radius 1 is 1.14 bits per heavy atom. The van der Waals surface area contributed by atoms with Gasteiger partial charge in [-0.05, 0) is 0 Å². The van der Waals surface area contributed by atoms with Crippen molar-refractivity contribution in [2.75, 3.05) is 40.6 Å². The SMILES string of the molecule is COCCOCCNC(=O)C(=O)OC. The maximum atomic E-state index is 10.8. The molecular formula is C8H15NO5. The second kappa shape index (κ2) is 8.46. The van der Waals surface area contributed by atoms with Gasteiger partial charge in [0.25, 0.3) is 0 Å². The fraction of sp³-hybridized carbons (Fsp3) is 0.750. The molecule has 0 heterocycles. The molecule has 0 aliphatic rings. The van der Waals surface area contributed by atoms with E-state index in [2.05, 4.69) is 10.1 Å². The number of hydrogen-bond acceptors (Lipinski definition) is 5. The van der Waals surface area contributed by atoms with Gasteiger partial charge in [-0.1, -0.05) is 0 Å². The van der Waals surface area contributed by atoms with Crippen LogP contribution in [0.5, 0.6) is 0 Å². The smallest absolute Gasteiger partial charge is 0.396 e. The molecule has 0 aliphatic heterocycles. The van der Waals surface area contributed by atoms with Crippen molar-refractivity contribution in [2.45, 2.75) is 0 Å². The van der Waals surface area contributed by atoms with Gasteiger partial charge < -0.3 is 19.5 Å². The van der Waals surface area contributed by atoms with Crippen molar-refractivity contribution < 1.29 is 23.8 Å². The number of carbonyl (C=O) groups excluding carboxylic acids is 2. The Bertz CT molecular complexity index is 183. The van der Waals surface area contributed by atoms with E-state index in [4.69, 9.17) is 9.47 Å². The molecule has 0 bridgehead atoms. The first-order chi connectivity index (χ1) is 6.72. The van der Waals surface area contributed by atoms with Crippen LogP contribution in [0.15, 0.2) is 0 Å². The molecule has 0 aromatic carbocycles. The summed E-state index contributed by atoms with van der Waals surface area (Å²) in [5.74, 6) is -1.66. The van der Waals surface area contributed by atoms with Crippen LogP contribution in [-0.2, 0) is 23.8 Å². The molecule has 0 aliphatic carbocycles. The Morgan fingerprint density at radius 2 is 1.86 bits per heavy atom. The van der Waals surface area contributed by atoms with Crippen LogP contribution in [0.3, 0.4) is 0 Å². The Balaban J connectivity index is 3.27. The zero-order chi connectivity index (χ0) is 10.8. The van der Waals surface area contributed by atoms with E-state index in [1.54, 1.807) is 7.11 Å². The minimum absolute atomic E-state index is 0.275. The first-order valence-electron chi connectivity index (χ1n) is 4.15. The van der Waals surface area contributed by atoms with E-state index < -0.39 is 11.9 Å². The van der Waals surface area contributed by atoms with Crippen molar-refractivity contribution in [1.82, 2.24) is 5.32 Å². The summed E-state index contributed by atoms with van der Waals surface area (Å²) in [5.41, 5.74) is 0. The summed E-state index contributed by atoms with van der Waals surface area (Å²) in [5, 5.41) is 2.33. The van der Waals surface area contributed by atoms with E-state index in [1.807, 2.05) is 0 Å². The molecule has 1 amide bonds. The minimum atomic E-state index is -0.901. The first kappa shape index (κ1) is 12.9. The van der Waals surface area contributed by atoms with Gasteiger partial charge >= 0.3 is 11.9 Å². The third-order valence-electron chi connectivity index (χ3n) is 1.33. The molecule has 82 valence electrons. The molecule has 0 saturated carbocycles. The molecule has 0 fully saturated rings. The van der Waals surface area contributed by atoms with Gasteiger partial charge in [-0.25, -0.2) is 4.79 Å². The van der Waals surface area contributed by atoms with Gasteiger partial charge in [-0.3, -0.25) is 4.79 Å². The molecule has 14 heavy (non-hydrogen) atoms. The number of nitrogens with one attached hydrogen (secondary N) is 1. The van der Waals surface area contributed by atoms with Crippen molar-refractivity contribution in [3.63, 3.8) is 0 Å². The zero-order valence-corrected chi connectivity index (χ0v) is 8.37. The van der Waals surface area contributed by atoms with Gasteiger partial charge in [0.15, 0.2) is 0 Å². The van der Waals surface area contributed by atoms with Crippen molar-refractivity contribution in [3.8, 4) is 0 Å². The molecule has 0 unspecified atom stereocenters. The maximum absolute atomic E-state index is 10.8. The predicted molar refractivity (Wildman–Crippen MR) is 47.7 cm³/mol. The number of amides is 1. The molecule has 0 radical (unpaired) electrons. The van der Waals surface area contributed by atoms with Crippen molar-refractivity contribution >= 4 is 11.9 Å². The average molecular weight is 205 g/mol. The fourth-order valence-corrected chi connectivity index (χ4v) is 0.646. The summed E-state index contributed by atoms with van der Waals surface area (Å²) < 4.78 is 14.0. The lowest BCUT2D eigenvalue weighted by Crippen LogP contribution is -2.34.